The van der Waals surface area contributed by atoms with Gasteiger partial charge in [0, 0.05) is 5.69 Å². The summed E-state index contributed by atoms with van der Waals surface area (Å²) in [6.07, 6.45) is -2.98. The number of nitrogens with one attached hydrogen (secondary N) is 1. The van der Waals surface area contributed by atoms with Crippen LogP contribution in [0.5, 0.6) is 0 Å². The summed E-state index contributed by atoms with van der Waals surface area (Å²) >= 11 is 0.710. The first-order valence-corrected chi connectivity index (χ1v) is 10.5. The van der Waals surface area contributed by atoms with Crippen molar-refractivity contribution in [3.63, 3.8) is 0 Å². The second-order valence-corrected chi connectivity index (χ2v) is 9.26. The quantitative estimate of drug-likeness (QED) is 0.594. The van der Waals surface area contributed by atoms with Gasteiger partial charge in [-0.1, -0.05) is 51.1 Å². The van der Waals surface area contributed by atoms with Gasteiger partial charge in [0.15, 0.2) is 0 Å². The summed E-state index contributed by atoms with van der Waals surface area (Å²) in [6.45, 7) is 5.65. The molecule has 3 rings (SSSR count). The van der Waals surface area contributed by atoms with E-state index in [0.717, 1.165) is 34.2 Å². The molecule has 0 unspecified atom stereocenters. The molecule has 168 valence electrons. The molecule has 1 aliphatic heterocycles. The maximum atomic E-state index is 12.8. The number of thioether (sulfide) groups is 1. The van der Waals surface area contributed by atoms with Gasteiger partial charge in [0.25, 0.3) is 11.1 Å². The summed E-state index contributed by atoms with van der Waals surface area (Å²) in [4.78, 5) is 38.0. The van der Waals surface area contributed by atoms with Gasteiger partial charge < -0.3 is 5.32 Å². The second kappa shape index (κ2) is 8.82. The van der Waals surface area contributed by atoms with E-state index in [1.165, 1.54) is 6.07 Å². The zero-order valence-electron chi connectivity index (χ0n) is 17.6. The molecular weight excluding hydrogens is 441 g/mol. The van der Waals surface area contributed by atoms with Crippen LogP contribution in [0.3, 0.4) is 0 Å². The fraction of sp³-hybridized carbons (Fsp3) is 0.261. The molecular formula is C23H21F3N2O3S. The molecule has 2 aromatic carbocycles. The lowest BCUT2D eigenvalue weighted by Crippen LogP contribution is -2.36. The number of hydrogen-bond donors (Lipinski definition) is 1. The molecule has 0 aromatic heterocycles. The van der Waals surface area contributed by atoms with E-state index in [2.05, 4.69) is 26.1 Å². The van der Waals surface area contributed by atoms with E-state index in [9.17, 15) is 27.6 Å². The van der Waals surface area contributed by atoms with Gasteiger partial charge in [-0.2, -0.15) is 13.2 Å². The van der Waals surface area contributed by atoms with Crippen molar-refractivity contribution in [3.8, 4) is 0 Å². The highest BCUT2D eigenvalue weighted by molar-refractivity contribution is 8.18. The number of anilines is 1. The number of carbonyl (C=O) groups excluding carboxylic acids is 3. The average Bonchev–Trinajstić information content (AvgIpc) is 2.94. The van der Waals surface area contributed by atoms with Gasteiger partial charge in [-0.25, -0.2) is 0 Å². The third-order valence-electron chi connectivity index (χ3n) is 4.72. The SMILES string of the molecule is CC(C)(C)c1ccc(/C=C2\SC(=O)N(CC(=O)Nc3cccc(C(F)(F)F)c3)C2=O)cc1. The van der Waals surface area contributed by atoms with Crippen molar-refractivity contribution in [2.75, 3.05) is 11.9 Å². The lowest BCUT2D eigenvalue weighted by atomic mass is 9.87. The predicted octanol–water partition coefficient (Wildman–Crippen LogP) is 5.68. The third-order valence-corrected chi connectivity index (χ3v) is 5.63. The molecule has 0 saturated carbocycles. The maximum Gasteiger partial charge on any atom is 0.416 e. The Balaban J connectivity index is 1.68. The highest BCUT2D eigenvalue weighted by atomic mass is 32.2. The van der Waals surface area contributed by atoms with Crippen LogP contribution in [0.1, 0.15) is 37.5 Å². The third kappa shape index (κ3) is 5.59. The molecule has 32 heavy (non-hydrogen) atoms. The molecule has 1 N–H and O–H groups in total. The van der Waals surface area contributed by atoms with Crippen LogP contribution in [0.25, 0.3) is 6.08 Å². The van der Waals surface area contributed by atoms with Crippen molar-refractivity contribution in [2.24, 2.45) is 0 Å². The number of rotatable bonds is 4. The zero-order valence-corrected chi connectivity index (χ0v) is 18.4. The number of nitrogens with zero attached hydrogens (tertiary/aromatic N) is 1. The number of benzene rings is 2. The number of carbonyl (C=O) groups is 3. The minimum absolute atomic E-state index is 0.0245. The Morgan fingerprint density at radius 1 is 1.03 bits per heavy atom. The molecule has 1 heterocycles. The number of imide groups is 1. The first kappa shape index (κ1) is 23.6. The fourth-order valence-corrected chi connectivity index (χ4v) is 3.82. The van der Waals surface area contributed by atoms with Crippen LogP contribution in [0, 0.1) is 0 Å². The highest BCUT2D eigenvalue weighted by Crippen LogP contribution is 2.33. The number of hydrogen-bond acceptors (Lipinski definition) is 4. The van der Waals surface area contributed by atoms with E-state index >= 15 is 0 Å². The Morgan fingerprint density at radius 3 is 2.28 bits per heavy atom. The van der Waals surface area contributed by atoms with Crippen LogP contribution in [0.15, 0.2) is 53.4 Å². The molecule has 9 heteroatoms. The van der Waals surface area contributed by atoms with Crippen LogP contribution in [-0.4, -0.2) is 28.5 Å². The summed E-state index contributed by atoms with van der Waals surface area (Å²) < 4.78 is 38.5. The van der Waals surface area contributed by atoms with Gasteiger partial charge in [0.05, 0.1) is 10.5 Å². The standard InChI is InChI=1S/C23H21F3N2O3S/c1-22(2,3)15-9-7-14(8-10-15)11-18-20(30)28(21(31)32-18)13-19(29)27-17-6-4-5-16(12-17)23(24,25)26/h4-12H,13H2,1-3H3,(H,27,29)/b18-11-. The van der Waals surface area contributed by atoms with Crippen LogP contribution < -0.4 is 5.32 Å². The number of halogens is 3. The van der Waals surface area contributed by atoms with Gasteiger partial charge in [0.2, 0.25) is 5.91 Å². The highest BCUT2D eigenvalue weighted by Gasteiger charge is 2.36. The van der Waals surface area contributed by atoms with Gasteiger partial charge in [-0.15, -0.1) is 0 Å². The van der Waals surface area contributed by atoms with E-state index in [-0.39, 0.29) is 16.0 Å². The molecule has 0 atom stereocenters. The van der Waals surface area contributed by atoms with Crippen molar-refractivity contribution in [2.45, 2.75) is 32.4 Å². The second-order valence-electron chi connectivity index (χ2n) is 8.27. The van der Waals surface area contributed by atoms with Crippen LogP contribution in [-0.2, 0) is 21.2 Å². The van der Waals surface area contributed by atoms with Crippen LogP contribution in [0.2, 0.25) is 0 Å². The summed E-state index contributed by atoms with van der Waals surface area (Å²) in [5.41, 5.74) is 0.836. The topological polar surface area (TPSA) is 66.5 Å². The summed E-state index contributed by atoms with van der Waals surface area (Å²) in [5.74, 6) is -1.40. The van der Waals surface area contributed by atoms with Crippen molar-refractivity contribution in [1.29, 1.82) is 0 Å². The summed E-state index contributed by atoms with van der Waals surface area (Å²) in [5, 5.41) is 1.67. The van der Waals surface area contributed by atoms with Gasteiger partial charge in [-0.3, -0.25) is 19.3 Å². The predicted molar refractivity (Wildman–Crippen MR) is 118 cm³/mol. The minimum Gasteiger partial charge on any atom is -0.325 e. The number of alkyl halides is 3. The fourth-order valence-electron chi connectivity index (χ4n) is 2.98. The Bertz CT molecular complexity index is 1090. The molecule has 5 nitrogen and oxygen atoms in total. The Morgan fingerprint density at radius 2 is 1.69 bits per heavy atom. The summed E-state index contributed by atoms with van der Waals surface area (Å²) in [7, 11) is 0. The molecule has 1 aliphatic rings. The molecule has 0 bridgehead atoms. The van der Waals surface area contributed by atoms with Crippen LogP contribution in [0.4, 0.5) is 23.7 Å². The Hall–Kier alpha value is -3.07. The van der Waals surface area contributed by atoms with Crippen molar-refractivity contribution >= 4 is 40.6 Å². The van der Waals surface area contributed by atoms with Crippen molar-refractivity contribution in [3.05, 3.63) is 70.1 Å². The first-order valence-electron chi connectivity index (χ1n) is 9.67. The molecule has 2 aromatic rings. The maximum absolute atomic E-state index is 12.8. The van der Waals surface area contributed by atoms with E-state index in [0.29, 0.717) is 11.8 Å². The zero-order chi connectivity index (χ0) is 23.7. The molecule has 0 spiro atoms. The molecule has 1 saturated heterocycles. The molecule has 3 amide bonds. The monoisotopic (exact) mass is 462 g/mol. The number of amides is 3. The Kier molecular flexibility index (Phi) is 6.50. The smallest absolute Gasteiger partial charge is 0.325 e. The molecule has 0 aliphatic carbocycles. The van der Waals surface area contributed by atoms with Crippen molar-refractivity contribution < 1.29 is 27.6 Å². The molecule has 0 radical (unpaired) electrons. The van der Waals surface area contributed by atoms with E-state index in [1.54, 1.807) is 6.08 Å². The lowest BCUT2D eigenvalue weighted by molar-refractivity contribution is -0.137. The minimum atomic E-state index is -4.55. The van der Waals surface area contributed by atoms with Gasteiger partial charge in [0.1, 0.15) is 6.54 Å². The molecule has 1 fully saturated rings. The van der Waals surface area contributed by atoms with E-state index in [4.69, 9.17) is 0 Å². The normalized spacial score (nSPS) is 16.1. The van der Waals surface area contributed by atoms with Gasteiger partial charge in [-0.05, 0) is 52.6 Å². The van der Waals surface area contributed by atoms with E-state index in [1.807, 2.05) is 24.3 Å². The van der Waals surface area contributed by atoms with Gasteiger partial charge >= 0.3 is 6.18 Å². The average molecular weight is 462 g/mol. The lowest BCUT2D eigenvalue weighted by Gasteiger charge is -2.18. The van der Waals surface area contributed by atoms with Crippen LogP contribution >= 0.6 is 11.8 Å². The van der Waals surface area contributed by atoms with E-state index < -0.39 is 35.3 Å². The first-order chi connectivity index (χ1) is 14.8. The summed E-state index contributed by atoms with van der Waals surface area (Å²) in [6, 6.07) is 11.7. The largest absolute Gasteiger partial charge is 0.416 e. The Labute approximate surface area is 187 Å². The van der Waals surface area contributed by atoms with Crippen molar-refractivity contribution in [1.82, 2.24) is 4.90 Å².